The monoisotopic (exact) mass is 510 g/mol. The molecule has 0 saturated heterocycles. The number of hydrogen-bond acceptors (Lipinski definition) is 6. The van der Waals surface area contributed by atoms with Crippen LogP contribution in [0.1, 0.15) is 49.1 Å². The number of anilines is 1. The summed E-state index contributed by atoms with van der Waals surface area (Å²) in [4.78, 5) is 40.9. The smallest absolute Gasteiger partial charge is 0.408 e. The lowest BCUT2D eigenvalue weighted by Crippen LogP contribution is -2.53. The molecule has 0 bridgehead atoms. The summed E-state index contributed by atoms with van der Waals surface area (Å²) < 4.78 is 5.28. The summed E-state index contributed by atoms with van der Waals surface area (Å²) in [5.74, 6) is -1.16. The van der Waals surface area contributed by atoms with E-state index < -0.39 is 35.6 Å². The first-order chi connectivity index (χ1) is 16.9. The van der Waals surface area contributed by atoms with Gasteiger partial charge in [0.2, 0.25) is 5.91 Å². The number of benzene rings is 2. The number of para-hydroxylation sites is 1. The van der Waals surface area contributed by atoms with Gasteiger partial charge in [-0.05, 0) is 64.3 Å². The number of alkyl carbamates (subject to hydrolysis) is 1. The SMILES string of the molecule is Cc1ccc(C(C(=O)Nc2ccccc2C)N(CC#N)C(=O)C(CS)NC(=O)OC(C)(C)C)c(C)c1. The zero-order valence-electron chi connectivity index (χ0n) is 21.6. The van der Waals surface area contributed by atoms with Crippen LogP contribution in [0.3, 0.4) is 0 Å². The van der Waals surface area contributed by atoms with Gasteiger partial charge in [-0.15, -0.1) is 0 Å². The molecular weight excluding hydrogens is 476 g/mol. The molecule has 0 fully saturated rings. The van der Waals surface area contributed by atoms with Gasteiger partial charge in [0.1, 0.15) is 24.2 Å². The van der Waals surface area contributed by atoms with Gasteiger partial charge in [-0.2, -0.15) is 17.9 Å². The molecule has 0 aliphatic carbocycles. The molecule has 2 N–H and O–H groups in total. The number of nitriles is 1. The maximum absolute atomic E-state index is 13.7. The summed E-state index contributed by atoms with van der Waals surface area (Å²) in [6.45, 7) is 10.4. The Morgan fingerprint density at radius 1 is 1.08 bits per heavy atom. The highest BCUT2D eigenvalue weighted by Crippen LogP contribution is 2.28. The maximum Gasteiger partial charge on any atom is 0.408 e. The lowest BCUT2D eigenvalue weighted by Gasteiger charge is -2.33. The van der Waals surface area contributed by atoms with E-state index in [0.29, 0.717) is 11.3 Å². The van der Waals surface area contributed by atoms with Crippen molar-refractivity contribution in [2.45, 2.75) is 59.2 Å². The molecule has 2 unspecified atom stereocenters. The highest BCUT2D eigenvalue weighted by Gasteiger charge is 2.36. The molecule has 2 aromatic rings. The summed E-state index contributed by atoms with van der Waals surface area (Å²) in [6, 6.07) is 12.6. The number of hydrogen-bond donors (Lipinski definition) is 3. The van der Waals surface area contributed by atoms with Gasteiger partial charge in [0.05, 0.1) is 6.07 Å². The van der Waals surface area contributed by atoms with Crippen molar-refractivity contribution in [3.8, 4) is 6.07 Å². The van der Waals surface area contributed by atoms with Gasteiger partial charge >= 0.3 is 6.09 Å². The minimum atomic E-state index is -1.12. The zero-order valence-corrected chi connectivity index (χ0v) is 22.5. The highest BCUT2D eigenvalue weighted by atomic mass is 32.1. The van der Waals surface area contributed by atoms with Crippen molar-refractivity contribution >= 4 is 36.2 Å². The maximum atomic E-state index is 13.7. The molecule has 36 heavy (non-hydrogen) atoms. The van der Waals surface area contributed by atoms with Crippen LogP contribution in [0.15, 0.2) is 42.5 Å². The summed E-state index contributed by atoms with van der Waals surface area (Å²) >= 11 is 4.24. The van der Waals surface area contributed by atoms with E-state index in [9.17, 15) is 19.6 Å². The van der Waals surface area contributed by atoms with E-state index in [0.717, 1.165) is 16.7 Å². The van der Waals surface area contributed by atoms with Crippen molar-refractivity contribution in [3.05, 3.63) is 64.7 Å². The van der Waals surface area contributed by atoms with Gasteiger partial charge in [-0.3, -0.25) is 9.59 Å². The second-order valence-electron chi connectivity index (χ2n) is 9.57. The number of amides is 3. The van der Waals surface area contributed by atoms with Crippen molar-refractivity contribution in [1.29, 1.82) is 5.26 Å². The zero-order chi connectivity index (χ0) is 27.0. The quantitative estimate of drug-likeness (QED) is 0.358. The molecule has 2 atom stereocenters. The molecule has 2 aromatic carbocycles. The van der Waals surface area contributed by atoms with E-state index >= 15 is 0 Å². The molecule has 3 amide bonds. The van der Waals surface area contributed by atoms with E-state index in [1.54, 1.807) is 39.0 Å². The lowest BCUT2D eigenvalue weighted by atomic mass is 9.96. The van der Waals surface area contributed by atoms with Crippen LogP contribution in [0.4, 0.5) is 10.5 Å². The Bertz CT molecular complexity index is 1150. The highest BCUT2D eigenvalue weighted by molar-refractivity contribution is 7.80. The third kappa shape index (κ3) is 7.75. The van der Waals surface area contributed by atoms with Crippen molar-refractivity contribution in [1.82, 2.24) is 10.2 Å². The average molecular weight is 511 g/mol. The number of aryl methyl sites for hydroxylation is 3. The molecule has 192 valence electrons. The Morgan fingerprint density at radius 3 is 2.31 bits per heavy atom. The first-order valence-electron chi connectivity index (χ1n) is 11.6. The van der Waals surface area contributed by atoms with Gasteiger partial charge in [0, 0.05) is 11.4 Å². The van der Waals surface area contributed by atoms with E-state index in [2.05, 4.69) is 23.3 Å². The van der Waals surface area contributed by atoms with Crippen LogP contribution in [0.25, 0.3) is 0 Å². The normalized spacial score (nSPS) is 12.6. The molecule has 0 aliphatic heterocycles. The Morgan fingerprint density at radius 2 is 1.75 bits per heavy atom. The number of carbonyl (C=O) groups excluding carboxylic acids is 3. The molecule has 0 radical (unpaired) electrons. The van der Waals surface area contributed by atoms with E-state index in [1.165, 1.54) is 4.90 Å². The Hall–Kier alpha value is -3.51. The Balaban J connectivity index is 2.51. The number of rotatable bonds is 8. The van der Waals surface area contributed by atoms with Crippen LogP contribution < -0.4 is 10.6 Å². The van der Waals surface area contributed by atoms with Gasteiger partial charge in [0.15, 0.2) is 0 Å². The topological polar surface area (TPSA) is 112 Å². The van der Waals surface area contributed by atoms with Crippen LogP contribution in [0.2, 0.25) is 0 Å². The molecular formula is C27H34N4O4S. The van der Waals surface area contributed by atoms with Gasteiger partial charge in [-0.1, -0.05) is 42.0 Å². The number of carbonyl (C=O) groups is 3. The number of nitrogens with one attached hydrogen (secondary N) is 2. The fraction of sp³-hybridized carbons (Fsp3) is 0.407. The molecule has 0 aliphatic rings. The number of nitrogens with zero attached hydrogens (tertiary/aromatic N) is 2. The minimum Gasteiger partial charge on any atom is -0.444 e. The molecule has 0 spiro atoms. The molecule has 0 aromatic heterocycles. The van der Waals surface area contributed by atoms with Crippen LogP contribution in [-0.4, -0.2) is 46.7 Å². The van der Waals surface area contributed by atoms with Crippen LogP contribution >= 0.6 is 12.6 Å². The number of thiol groups is 1. The first-order valence-corrected chi connectivity index (χ1v) is 12.2. The molecule has 0 heterocycles. The van der Waals surface area contributed by atoms with Crippen LogP contribution in [0.5, 0.6) is 0 Å². The second-order valence-corrected chi connectivity index (χ2v) is 9.94. The van der Waals surface area contributed by atoms with Crippen molar-refractivity contribution in [2.75, 3.05) is 17.6 Å². The van der Waals surface area contributed by atoms with E-state index in [1.807, 2.05) is 51.1 Å². The molecule has 8 nitrogen and oxygen atoms in total. The largest absolute Gasteiger partial charge is 0.444 e. The van der Waals surface area contributed by atoms with Crippen molar-refractivity contribution in [3.63, 3.8) is 0 Å². The van der Waals surface area contributed by atoms with Crippen LogP contribution in [0, 0.1) is 32.1 Å². The van der Waals surface area contributed by atoms with E-state index in [4.69, 9.17) is 4.74 Å². The standard InChI is InChI=1S/C27H34N4O4S/c1-17-11-12-20(19(3)15-17)23(24(32)29-21-10-8-7-9-18(21)2)31(14-13-28)25(33)22(16-36)30-26(34)35-27(4,5)6/h7-12,15,22-23,36H,14,16H2,1-6H3,(H,29,32)(H,30,34). The minimum absolute atomic E-state index is 0.0565. The third-order valence-corrected chi connectivity index (χ3v) is 5.74. The fourth-order valence-electron chi connectivity index (χ4n) is 3.71. The van der Waals surface area contributed by atoms with Gasteiger partial charge in [0.25, 0.3) is 5.91 Å². The third-order valence-electron chi connectivity index (χ3n) is 5.38. The summed E-state index contributed by atoms with van der Waals surface area (Å²) in [5.41, 5.74) is 3.04. The van der Waals surface area contributed by atoms with Gasteiger partial charge < -0.3 is 20.3 Å². The summed E-state index contributed by atoms with van der Waals surface area (Å²) in [7, 11) is 0. The molecule has 0 saturated carbocycles. The van der Waals surface area contributed by atoms with Crippen LogP contribution in [-0.2, 0) is 14.3 Å². The second kappa shape index (κ2) is 12.5. The van der Waals surface area contributed by atoms with Gasteiger partial charge in [-0.25, -0.2) is 4.79 Å². The fourth-order valence-corrected chi connectivity index (χ4v) is 3.95. The predicted molar refractivity (Wildman–Crippen MR) is 143 cm³/mol. The Kier molecular flexibility index (Phi) is 9.93. The predicted octanol–water partition coefficient (Wildman–Crippen LogP) is 4.47. The molecule has 9 heteroatoms. The molecule has 2 rings (SSSR count). The van der Waals surface area contributed by atoms with Crippen molar-refractivity contribution < 1.29 is 19.1 Å². The summed E-state index contributed by atoms with van der Waals surface area (Å²) in [6.07, 6.45) is -0.792. The lowest BCUT2D eigenvalue weighted by molar-refractivity contribution is -0.139. The van der Waals surface area contributed by atoms with E-state index in [-0.39, 0.29) is 12.3 Å². The summed E-state index contributed by atoms with van der Waals surface area (Å²) in [5, 5.41) is 15.0. The Labute approximate surface area is 218 Å². The average Bonchev–Trinajstić information content (AvgIpc) is 2.78. The first kappa shape index (κ1) is 28.7. The number of ether oxygens (including phenoxy) is 1. The van der Waals surface area contributed by atoms with Crippen molar-refractivity contribution in [2.24, 2.45) is 0 Å².